The molecule has 0 aromatic heterocycles. The topological polar surface area (TPSA) is 75.4 Å². The van der Waals surface area contributed by atoms with Gasteiger partial charge in [-0.15, -0.1) is 0 Å². The maximum absolute atomic E-state index is 14.5. The molecule has 5 aromatic carbocycles. The van der Waals surface area contributed by atoms with Gasteiger partial charge in [-0.05, 0) is 145 Å². The standard InChI is InChI=1S/C44H45N3O2/c1-47(2)26-8-11-30-10-7-15-38-37(30)24-25-39-36-13-4-3-9-33(36)27-41(42(38)39)43(48)32-20-22-34(23-21-32)46-44(49)40-14-6-5-12-35(40)31-18-16-29(28-45)17-19-31/h3-6,9,12-14,16-25,30,41H,7-8,10-11,15,26-28,45H2,1-2H3,(H,46,49). The Morgan fingerprint density at radius 2 is 1.55 bits per heavy atom. The number of rotatable bonds is 10. The van der Waals surface area contributed by atoms with Crippen molar-refractivity contribution in [3.05, 3.63) is 148 Å². The molecule has 2 aliphatic rings. The summed E-state index contributed by atoms with van der Waals surface area (Å²) in [5, 5.41) is 3.06. The number of benzene rings is 5. The van der Waals surface area contributed by atoms with E-state index in [1.807, 2.05) is 72.8 Å². The fraction of sp³-hybridized carbons (Fsp3) is 0.273. The van der Waals surface area contributed by atoms with Gasteiger partial charge in [-0.1, -0.05) is 78.9 Å². The van der Waals surface area contributed by atoms with Crippen molar-refractivity contribution in [2.75, 3.05) is 26.0 Å². The summed E-state index contributed by atoms with van der Waals surface area (Å²) in [6, 6.07) is 36.3. The number of nitrogens with two attached hydrogens (primary N) is 1. The van der Waals surface area contributed by atoms with Crippen LogP contribution in [0.1, 0.15) is 86.1 Å². The first-order valence-electron chi connectivity index (χ1n) is 17.6. The molecule has 7 rings (SSSR count). The third kappa shape index (κ3) is 6.74. The number of nitrogens with zero attached hydrogens (tertiary/aromatic N) is 1. The Morgan fingerprint density at radius 1 is 0.816 bits per heavy atom. The van der Waals surface area contributed by atoms with Gasteiger partial charge in [0.2, 0.25) is 0 Å². The molecule has 3 N–H and O–H groups in total. The van der Waals surface area contributed by atoms with E-state index < -0.39 is 0 Å². The highest BCUT2D eigenvalue weighted by molar-refractivity contribution is 6.09. The van der Waals surface area contributed by atoms with Gasteiger partial charge < -0.3 is 16.0 Å². The number of anilines is 1. The Bertz CT molecular complexity index is 1980. The van der Waals surface area contributed by atoms with Gasteiger partial charge in [0.25, 0.3) is 5.91 Å². The van der Waals surface area contributed by atoms with Gasteiger partial charge >= 0.3 is 0 Å². The van der Waals surface area contributed by atoms with Crippen LogP contribution in [0.4, 0.5) is 5.69 Å². The molecule has 0 aliphatic heterocycles. The molecular weight excluding hydrogens is 603 g/mol. The Hall–Kier alpha value is -4.84. The van der Waals surface area contributed by atoms with E-state index in [-0.39, 0.29) is 17.6 Å². The maximum Gasteiger partial charge on any atom is 0.256 e. The summed E-state index contributed by atoms with van der Waals surface area (Å²) in [4.78, 5) is 30.3. The van der Waals surface area contributed by atoms with E-state index >= 15 is 0 Å². The summed E-state index contributed by atoms with van der Waals surface area (Å²) in [7, 11) is 4.28. The van der Waals surface area contributed by atoms with Crippen LogP contribution in [0.3, 0.4) is 0 Å². The Balaban J connectivity index is 1.15. The molecule has 1 amide bonds. The molecule has 0 saturated carbocycles. The Labute approximate surface area is 290 Å². The molecule has 0 heterocycles. The van der Waals surface area contributed by atoms with Crippen LogP contribution < -0.4 is 11.1 Å². The van der Waals surface area contributed by atoms with Crippen LogP contribution in [-0.4, -0.2) is 37.2 Å². The number of ketones is 1. The summed E-state index contributed by atoms with van der Waals surface area (Å²) >= 11 is 0. The second kappa shape index (κ2) is 14.3. The predicted molar refractivity (Wildman–Crippen MR) is 200 cm³/mol. The summed E-state index contributed by atoms with van der Waals surface area (Å²) < 4.78 is 0. The third-order valence-electron chi connectivity index (χ3n) is 10.5. The minimum atomic E-state index is -0.238. The fourth-order valence-electron chi connectivity index (χ4n) is 7.99. The number of carbonyl (C=O) groups excluding carboxylic acids is 2. The van der Waals surface area contributed by atoms with Crippen LogP contribution in [0.5, 0.6) is 0 Å². The highest BCUT2D eigenvalue weighted by atomic mass is 16.1. The number of hydrogen-bond acceptors (Lipinski definition) is 4. The summed E-state index contributed by atoms with van der Waals surface area (Å²) in [5.41, 5.74) is 18.4. The van der Waals surface area contributed by atoms with Crippen molar-refractivity contribution in [1.82, 2.24) is 4.90 Å². The molecule has 0 saturated heterocycles. The number of fused-ring (bicyclic) bond motifs is 5. The normalized spacial score (nSPS) is 16.4. The highest BCUT2D eigenvalue weighted by Crippen LogP contribution is 2.47. The highest BCUT2D eigenvalue weighted by Gasteiger charge is 2.35. The molecule has 0 spiro atoms. The first-order chi connectivity index (χ1) is 23.9. The van der Waals surface area contributed by atoms with E-state index in [1.165, 1.54) is 52.6 Å². The van der Waals surface area contributed by atoms with Gasteiger partial charge in [-0.2, -0.15) is 0 Å². The molecule has 2 unspecified atom stereocenters. The van der Waals surface area contributed by atoms with Crippen molar-refractivity contribution >= 4 is 17.4 Å². The molecule has 5 aromatic rings. The molecule has 49 heavy (non-hydrogen) atoms. The molecule has 0 radical (unpaired) electrons. The third-order valence-corrected chi connectivity index (χ3v) is 10.5. The van der Waals surface area contributed by atoms with Crippen molar-refractivity contribution in [3.8, 4) is 22.3 Å². The van der Waals surface area contributed by atoms with Gasteiger partial charge in [0.1, 0.15) is 0 Å². The second-order valence-corrected chi connectivity index (χ2v) is 13.9. The number of nitrogens with one attached hydrogen (secondary N) is 1. The molecule has 2 atom stereocenters. The van der Waals surface area contributed by atoms with Crippen LogP contribution in [-0.2, 0) is 19.4 Å². The summed E-state index contributed by atoms with van der Waals surface area (Å²) in [6.07, 6.45) is 6.46. The van der Waals surface area contributed by atoms with Crippen molar-refractivity contribution in [2.24, 2.45) is 5.73 Å². The number of carbonyl (C=O) groups is 2. The van der Waals surface area contributed by atoms with E-state index in [0.717, 1.165) is 36.1 Å². The first-order valence-corrected chi connectivity index (χ1v) is 17.6. The van der Waals surface area contributed by atoms with Crippen LogP contribution in [0.2, 0.25) is 0 Å². The van der Waals surface area contributed by atoms with Crippen molar-refractivity contribution in [2.45, 2.75) is 56.9 Å². The van der Waals surface area contributed by atoms with E-state index in [2.05, 4.69) is 60.7 Å². The lowest BCUT2D eigenvalue weighted by molar-refractivity contribution is 0.0957. The van der Waals surface area contributed by atoms with Gasteiger partial charge in [0.05, 0.1) is 5.92 Å². The molecule has 5 nitrogen and oxygen atoms in total. The largest absolute Gasteiger partial charge is 0.326 e. The van der Waals surface area contributed by atoms with Gasteiger partial charge in [0.15, 0.2) is 5.78 Å². The first kappa shape index (κ1) is 32.7. The van der Waals surface area contributed by atoms with Gasteiger partial charge in [-0.3, -0.25) is 9.59 Å². The lowest BCUT2D eigenvalue weighted by Crippen LogP contribution is -2.24. The van der Waals surface area contributed by atoms with E-state index in [9.17, 15) is 9.59 Å². The minimum Gasteiger partial charge on any atom is -0.326 e. The molecule has 2 aliphatic carbocycles. The SMILES string of the molecule is CN(C)CCCC1CCCc2c1ccc1c2C(C(=O)c2ccc(NC(=O)c3ccccc3-c3ccc(CN)cc3)cc2)Cc2ccccc2-1. The predicted octanol–water partition coefficient (Wildman–Crippen LogP) is 9.02. The molecular formula is C44H45N3O2. The molecule has 5 heteroatoms. The fourth-order valence-corrected chi connectivity index (χ4v) is 7.99. The number of hydrogen-bond donors (Lipinski definition) is 2. The van der Waals surface area contributed by atoms with Crippen LogP contribution >= 0.6 is 0 Å². The van der Waals surface area contributed by atoms with Crippen molar-refractivity contribution < 1.29 is 9.59 Å². The van der Waals surface area contributed by atoms with E-state index in [1.54, 1.807) is 0 Å². The number of Topliss-reactive ketones (excluding diaryl/α,β-unsaturated/α-hetero) is 1. The zero-order valence-corrected chi connectivity index (χ0v) is 28.5. The average molecular weight is 648 g/mol. The second-order valence-electron chi connectivity index (χ2n) is 13.9. The Morgan fingerprint density at radius 3 is 2.31 bits per heavy atom. The summed E-state index contributed by atoms with van der Waals surface area (Å²) in [6.45, 7) is 1.57. The van der Waals surface area contributed by atoms with Gasteiger partial charge in [-0.25, -0.2) is 0 Å². The van der Waals surface area contributed by atoms with E-state index in [4.69, 9.17) is 5.73 Å². The monoisotopic (exact) mass is 647 g/mol. The minimum absolute atomic E-state index is 0.142. The average Bonchev–Trinajstić information content (AvgIpc) is 3.14. The maximum atomic E-state index is 14.5. The number of amides is 1. The van der Waals surface area contributed by atoms with Gasteiger partial charge in [0, 0.05) is 23.4 Å². The molecule has 0 fully saturated rings. The molecule has 0 bridgehead atoms. The van der Waals surface area contributed by atoms with E-state index in [0.29, 0.717) is 35.7 Å². The quantitative estimate of drug-likeness (QED) is 0.148. The smallest absolute Gasteiger partial charge is 0.256 e. The van der Waals surface area contributed by atoms with Crippen molar-refractivity contribution in [1.29, 1.82) is 0 Å². The zero-order chi connectivity index (χ0) is 33.9. The van der Waals surface area contributed by atoms with Crippen molar-refractivity contribution in [3.63, 3.8) is 0 Å². The Kier molecular flexibility index (Phi) is 9.56. The van der Waals surface area contributed by atoms with Crippen LogP contribution in [0.15, 0.2) is 109 Å². The van der Waals surface area contributed by atoms with Crippen LogP contribution in [0, 0.1) is 0 Å². The zero-order valence-electron chi connectivity index (χ0n) is 28.5. The van der Waals surface area contributed by atoms with Crippen LogP contribution in [0.25, 0.3) is 22.3 Å². The summed E-state index contributed by atoms with van der Waals surface area (Å²) in [5.74, 6) is 0.254. The lowest BCUT2D eigenvalue weighted by Gasteiger charge is -2.35. The lowest BCUT2D eigenvalue weighted by atomic mass is 9.69. The molecule has 248 valence electrons.